The number of halogens is 2. The van der Waals surface area contributed by atoms with Crippen LogP contribution in [0.3, 0.4) is 0 Å². The molecule has 2 rings (SSSR count). The van der Waals surface area contributed by atoms with Gasteiger partial charge in [-0.3, -0.25) is 9.48 Å². The second-order valence-electron chi connectivity index (χ2n) is 4.98. The Labute approximate surface area is 132 Å². The number of benzene rings is 1. The van der Waals surface area contributed by atoms with Gasteiger partial charge in [-0.15, -0.1) is 0 Å². The van der Waals surface area contributed by atoms with E-state index in [9.17, 15) is 9.18 Å². The molecule has 0 bridgehead atoms. The predicted molar refractivity (Wildman–Crippen MR) is 84.0 cm³/mol. The first-order valence-electron chi connectivity index (χ1n) is 7.07. The average molecular weight is 353 g/mol. The number of carbonyl (C=O) groups excluding carboxylic acids is 1. The van der Waals surface area contributed by atoms with Crippen molar-refractivity contribution in [1.29, 1.82) is 0 Å². The summed E-state index contributed by atoms with van der Waals surface area (Å²) in [5.41, 5.74) is 0.782. The Morgan fingerprint density at radius 3 is 2.67 bits per heavy atom. The Kier molecular flexibility index (Phi) is 5.28. The van der Waals surface area contributed by atoms with E-state index in [1.807, 2.05) is 16.9 Å². The molecule has 2 aromatic rings. The number of rotatable bonds is 6. The van der Waals surface area contributed by atoms with Gasteiger partial charge in [0.2, 0.25) is 0 Å². The van der Waals surface area contributed by atoms with Crippen molar-refractivity contribution < 1.29 is 9.18 Å². The maximum Gasteiger partial charge on any atom is 0.171 e. The van der Waals surface area contributed by atoms with E-state index in [0.717, 1.165) is 12.8 Å². The number of aromatic nitrogens is 2. The molecular formula is C16H18BrFN2O. The van der Waals surface area contributed by atoms with Gasteiger partial charge in [-0.2, -0.15) is 5.10 Å². The zero-order valence-corrected chi connectivity index (χ0v) is 13.7. The molecule has 0 unspecified atom stereocenters. The van der Waals surface area contributed by atoms with Crippen molar-refractivity contribution >= 4 is 21.7 Å². The third-order valence-electron chi connectivity index (χ3n) is 3.55. The average Bonchev–Trinajstić information content (AvgIpc) is 2.88. The summed E-state index contributed by atoms with van der Waals surface area (Å²) in [5, 5.41) is 4.43. The smallest absolute Gasteiger partial charge is 0.171 e. The molecule has 0 aliphatic rings. The van der Waals surface area contributed by atoms with Crippen LogP contribution in [0, 0.1) is 5.82 Å². The van der Waals surface area contributed by atoms with Crippen LogP contribution in [-0.2, 0) is 6.42 Å². The zero-order chi connectivity index (χ0) is 15.4. The molecule has 0 atom stereocenters. The van der Waals surface area contributed by atoms with E-state index in [0.29, 0.717) is 16.2 Å². The summed E-state index contributed by atoms with van der Waals surface area (Å²) in [6.07, 6.45) is 3.99. The molecule has 112 valence electrons. The van der Waals surface area contributed by atoms with Gasteiger partial charge in [0, 0.05) is 10.7 Å². The quantitative estimate of drug-likeness (QED) is 0.713. The molecule has 5 heteroatoms. The van der Waals surface area contributed by atoms with Gasteiger partial charge < -0.3 is 0 Å². The minimum atomic E-state index is -0.506. The summed E-state index contributed by atoms with van der Waals surface area (Å²) < 4.78 is 16.3. The number of Topliss-reactive ketones (excluding diaryl/α,β-unsaturated/α-hetero) is 1. The summed E-state index contributed by atoms with van der Waals surface area (Å²) >= 11 is 3.18. The molecule has 21 heavy (non-hydrogen) atoms. The molecule has 1 heterocycles. The van der Waals surface area contributed by atoms with E-state index >= 15 is 0 Å². The van der Waals surface area contributed by atoms with E-state index in [2.05, 4.69) is 34.9 Å². The van der Waals surface area contributed by atoms with Gasteiger partial charge in [-0.25, -0.2) is 4.39 Å². The van der Waals surface area contributed by atoms with Crippen LogP contribution in [0.25, 0.3) is 0 Å². The van der Waals surface area contributed by atoms with E-state index in [4.69, 9.17) is 0 Å². The standard InChI is InChI=1S/C16H18BrFN2O/c1-3-13(4-2)20-8-7-12(19-20)10-16(21)14-6-5-11(17)9-15(14)18/h5-9,13H,3-4,10H2,1-2H3. The van der Waals surface area contributed by atoms with Crippen molar-refractivity contribution in [2.45, 2.75) is 39.2 Å². The first kappa shape index (κ1) is 15.9. The van der Waals surface area contributed by atoms with E-state index < -0.39 is 5.82 Å². The molecule has 0 spiro atoms. The van der Waals surface area contributed by atoms with E-state index in [1.165, 1.54) is 12.1 Å². The van der Waals surface area contributed by atoms with Gasteiger partial charge in [0.05, 0.1) is 23.7 Å². The molecule has 0 N–H and O–H groups in total. The molecule has 1 aromatic heterocycles. The molecule has 0 fully saturated rings. The maximum absolute atomic E-state index is 13.8. The number of nitrogens with zero attached hydrogens (tertiary/aromatic N) is 2. The summed E-state index contributed by atoms with van der Waals surface area (Å²) in [4.78, 5) is 12.2. The minimum Gasteiger partial charge on any atom is -0.294 e. The molecular weight excluding hydrogens is 335 g/mol. The number of hydrogen-bond donors (Lipinski definition) is 0. The van der Waals surface area contributed by atoms with Crippen LogP contribution in [-0.4, -0.2) is 15.6 Å². The monoisotopic (exact) mass is 352 g/mol. The van der Waals surface area contributed by atoms with Gasteiger partial charge in [-0.1, -0.05) is 29.8 Å². The Hall–Kier alpha value is -1.49. The molecule has 0 aliphatic carbocycles. The van der Waals surface area contributed by atoms with Crippen LogP contribution in [0.5, 0.6) is 0 Å². The molecule has 0 saturated carbocycles. The summed E-state index contributed by atoms with van der Waals surface area (Å²) in [6, 6.07) is 6.64. The fourth-order valence-corrected chi connectivity index (χ4v) is 2.65. The molecule has 3 nitrogen and oxygen atoms in total. The van der Waals surface area contributed by atoms with Crippen LogP contribution in [0.2, 0.25) is 0 Å². The Morgan fingerprint density at radius 2 is 2.05 bits per heavy atom. The Balaban J connectivity index is 2.13. The van der Waals surface area contributed by atoms with Gasteiger partial charge in [0.15, 0.2) is 5.78 Å². The highest BCUT2D eigenvalue weighted by Crippen LogP contribution is 2.18. The highest BCUT2D eigenvalue weighted by atomic mass is 79.9. The molecule has 0 saturated heterocycles. The van der Waals surface area contributed by atoms with Crippen LogP contribution in [0.1, 0.15) is 48.8 Å². The predicted octanol–water partition coefficient (Wildman–Crippen LogP) is 4.57. The summed E-state index contributed by atoms with van der Waals surface area (Å²) in [6.45, 7) is 4.22. The highest BCUT2D eigenvalue weighted by Gasteiger charge is 2.15. The highest BCUT2D eigenvalue weighted by molar-refractivity contribution is 9.10. The van der Waals surface area contributed by atoms with E-state index in [-0.39, 0.29) is 17.8 Å². The van der Waals surface area contributed by atoms with Gasteiger partial charge in [-0.05, 0) is 37.1 Å². The third-order valence-corrected chi connectivity index (χ3v) is 4.05. The second kappa shape index (κ2) is 6.98. The van der Waals surface area contributed by atoms with Crippen molar-refractivity contribution in [2.24, 2.45) is 0 Å². The van der Waals surface area contributed by atoms with Crippen LogP contribution >= 0.6 is 15.9 Å². The lowest BCUT2D eigenvalue weighted by atomic mass is 10.1. The molecule has 0 aliphatic heterocycles. The largest absolute Gasteiger partial charge is 0.294 e. The normalized spacial score (nSPS) is 11.1. The van der Waals surface area contributed by atoms with Gasteiger partial charge >= 0.3 is 0 Å². The number of hydrogen-bond acceptors (Lipinski definition) is 2. The Morgan fingerprint density at radius 1 is 1.33 bits per heavy atom. The molecule has 0 radical (unpaired) electrons. The zero-order valence-electron chi connectivity index (χ0n) is 12.1. The van der Waals surface area contributed by atoms with Crippen molar-refractivity contribution in [3.05, 3.63) is 52.0 Å². The van der Waals surface area contributed by atoms with Crippen molar-refractivity contribution in [1.82, 2.24) is 9.78 Å². The fraction of sp³-hybridized carbons (Fsp3) is 0.375. The first-order chi connectivity index (χ1) is 10.0. The summed E-state index contributed by atoms with van der Waals surface area (Å²) in [5.74, 6) is -0.761. The van der Waals surface area contributed by atoms with Crippen molar-refractivity contribution in [2.75, 3.05) is 0 Å². The lowest BCUT2D eigenvalue weighted by Gasteiger charge is -2.12. The fourth-order valence-electron chi connectivity index (χ4n) is 2.31. The van der Waals surface area contributed by atoms with E-state index in [1.54, 1.807) is 6.07 Å². The second-order valence-corrected chi connectivity index (χ2v) is 5.90. The Bertz CT molecular complexity index is 635. The lowest BCUT2D eigenvalue weighted by Crippen LogP contribution is -2.10. The first-order valence-corrected chi connectivity index (χ1v) is 7.86. The van der Waals surface area contributed by atoms with Crippen LogP contribution in [0.4, 0.5) is 4.39 Å². The van der Waals surface area contributed by atoms with Crippen LogP contribution in [0.15, 0.2) is 34.9 Å². The van der Waals surface area contributed by atoms with Crippen molar-refractivity contribution in [3.63, 3.8) is 0 Å². The van der Waals surface area contributed by atoms with Crippen molar-refractivity contribution in [3.8, 4) is 0 Å². The maximum atomic E-state index is 13.8. The van der Waals surface area contributed by atoms with Gasteiger partial charge in [0.25, 0.3) is 0 Å². The lowest BCUT2D eigenvalue weighted by molar-refractivity contribution is 0.0988. The number of carbonyl (C=O) groups is 1. The topological polar surface area (TPSA) is 34.9 Å². The summed E-state index contributed by atoms with van der Waals surface area (Å²) in [7, 11) is 0. The molecule has 0 amide bonds. The minimum absolute atomic E-state index is 0.107. The third kappa shape index (κ3) is 3.79. The SMILES string of the molecule is CCC(CC)n1ccc(CC(=O)c2ccc(Br)cc2F)n1. The molecule has 1 aromatic carbocycles. The van der Waals surface area contributed by atoms with Crippen LogP contribution < -0.4 is 0 Å². The van der Waals surface area contributed by atoms with Gasteiger partial charge in [0.1, 0.15) is 5.82 Å². The number of ketones is 1.